The molecule has 0 saturated heterocycles. The monoisotopic (exact) mass is 379 g/mol. The summed E-state index contributed by atoms with van der Waals surface area (Å²) in [7, 11) is 3.24. The number of aryl methyl sites for hydroxylation is 2. The highest BCUT2D eigenvalue weighted by atomic mass is 16.5. The lowest BCUT2D eigenvalue weighted by molar-refractivity contribution is -0.116. The average Bonchev–Trinajstić information content (AvgIpc) is 3.05. The quantitative estimate of drug-likeness (QED) is 0.646. The first-order valence-corrected chi connectivity index (χ1v) is 9.18. The fourth-order valence-electron chi connectivity index (χ4n) is 3.05. The second-order valence-electron chi connectivity index (χ2n) is 6.54. The smallest absolute Gasteiger partial charge is 0.225 e. The van der Waals surface area contributed by atoms with Gasteiger partial charge in [0.2, 0.25) is 5.91 Å². The molecular weight excluding hydrogens is 354 g/mol. The van der Waals surface area contributed by atoms with E-state index in [1.54, 1.807) is 14.2 Å². The van der Waals surface area contributed by atoms with Crippen molar-refractivity contribution in [2.24, 2.45) is 0 Å². The molecule has 0 aliphatic rings. The van der Waals surface area contributed by atoms with Crippen LogP contribution in [0.25, 0.3) is 0 Å². The number of amides is 1. The maximum atomic E-state index is 12.5. The Balaban J connectivity index is 1.66. The van der Waals surface area contributed by atoms with Gasteiger partial charge in [-0.3, -0.25) is 4.79 Å². The minimum atomic E-state index is -0.0703. The normalized spacial score (nSPS) is 10.5. The lowest BCUT2D eigenvalue weighted by Crippen LogP contribution is -2.16. The van der Waals surface area contributed by atoms with Crippen molar-refractivity contribution in [1.29, 1.82) is 0 Å². The van der Waals surface area contributed by atoms with Gasteiger partial charge in [0.05, 0.1) is 26.5 Å². The fourth-order valence-corrected chi connectivity index (χ4v) is 3.05. The van der Waals surface area contributed by atoms with E-state index in [2.05, 4.69) is 10.4 Å². The third kappa shape index (κ3) is 4.91. The Kier molecular flexibility index (Phi) is 6.32. The molecule has 1 amide bonds. The minimum Gasteiger partial charge on any atom is -0.497 e. The molecule has 0 fully saturated rings. The number of methoxy groups -OCH3 is 2. The molecule has 0 aliphatic heterocycles. The van der Waals surface area contributed by atoms with Gasteiger partial charge in [0.25, 0.3) is 0 Å². The summed E-state index contributed by atoms with van der Waals surface area (Å²) in [6.07, 6.45) is 0.886. The van der Waals surface area contributed by atoms with Crippen molar-refractivity contribution in [3.8, 4) is 11.5 Å². The Morgan fingerprint density at radius 2 is 1.86 bits per heavy atom. The summed E-state index contributed by atoms with van der Waals surface area (Å²) in [6, 6.07) is 17.5. The standard InChI is InChI=1S/C22H25N3O3/c1-16-13-21(25(24-16)15-17-7-5-4-6-8-17)23-22(26)12-9-18-14-19(27-2)10-11-20(18)28-3/h4-8,10-11,13-14H,9,12,15H2,1-3H3,(H,23,26). The van der Waals surface area contributed by atoms with Crippen LogP contribution in [0.1, 0.15) is 23.2 Å². The summed E-state index contributed by atoms with van der Waals surface area (Å²) in [5.74, 6) is 2.12. The van der Waals surface area contributed by atoms with Crippen LogP contribution in [-0.2, 0) is 17.8 Å². The average molecular weight is 379 g/mol. The summed E-state index contributed by atoms with van der Waals surface area (Å²) in [5.41, 5.74) is 2.92. The zero-order chi connectivity index (χ0) is 19.9. The van der Waals surface area contributed by atoms with Crippen LogP contribution in [0, 0.1) is 6.92 Å². The van der Waals surface area contributed by atoms with E-state index in [9.17, 15) is 4.79 Å². The SMILES string of the molecule is COc1ccc(OC)c(CCC(=O)Nc2cc(C)nn2Cc2ccccc2)c1. The lowest BCUT2D eigenvalue weighted by atomic mass is 10.1. The van der Waals surface area contributed by atoms with Crippen molar-refractivity contribution in [3.05, 3.63) is 71.4 Å². The number of hydrogen-bond donors (Lipinski definition) is 1. The minimum absolute atomic E-state index is 0.0703. The van der Waals surface area contributed by atoms with Gasteiger partial charge in [-0.05, 0) is 42.7 Å². The second-order valence-corrected chi connectivity index (χ2v) is 6.54. The molecule has 0 aliphatic carbocycles. The number of nitrogens with one attached hydrogen (secondary N) is 1. The zero-order valence-electron chi connectivity index (χ0n) is 16.4. The number of anilines is 1. The zero-order valence-corrected chi connectivity index (χ0v) is 16.4. The Morgan fingerprint density at radius 3 is 2.57 bits per heavy atom. The van der Waals surface area contributed by atoms with Gasteiger partial charge in [-0.1, -0.05) is 30.3 Å². The number of rotatable bonds is 8. The first-order valence-electron chi connectivity index (χ1n) is 9.18. The Bertz CT molecular complexity index is 935. The summed E-state index contributed by atoms with van der Waals surface area (Å²) in [6.45, 7) is 2.52. The van der Waals surface area contributed by atoms with Crippen LogP contribution < -0.4 is 14.8 Å². The van der Waals surface area contributed by atoms with Crippen molar-refractivity contribution in [2.75, 3.05) is 19.5 Å². The topological polar surface area (TPSA) is 65.4 Å². The molecule has 0 unspecified atom stereocenters. The predicted octanol–water partition coefficient (Wildman–Crippen LogP) is 3.83. The number of aromatic nitrogens is 2. The first kappa shape index (κ1) is 19.5. The molecule has 0 saturated carbocycles. The first-order chi connectivity index (χ1) is 13.6. The van der Waals surface area contributed by atoms with Crippen LogP contribution in [0.15, 0.2) is 54.6 Å². The third-order valence-electron chi connectivity index (χ3n) is 4.45. The van der Waals surface area contributed by atoms with E-state index in [1.165, 1.54) is 0 Å². The van der Waals surface area contributed by atoms with Crippen LogP contribution in [0.2, 0.25) is 0 Å². The molecular formula is C22H25N3O3. The van der Waals surface area contributed by atoms with Crippen LogP contribution in [0.3, 0.4) is 0 Å². The summed E-state index contributed by atoms with van der Waals surface area (Å²) in [4.78, 5) is 12.5. The highest BCUT2D eigenvalue weighted by Gasteiger charge is 2.12. The number of ether oxygens (including phenoxy) is 2. The number of hydrogen-bond acceptors (Lipinski definition) is 4. The molecule has 0 bridgehead atoms. The molecule has 2 aromatic carbocycles. The van der Waals surface area contributed by atoms with Crippen molar-refractivity contribution < 1.29 is 14.3 Å². The van der Waals surface area contributed by atoms with E-state index in [0.29, 0.717) is 25.2 Å². The number of carbonyl (C=O) groups excluding carboxylic acids is 1. The Hall–Kier alpha value is -3.28. The maximum absolute atomic E-state index is 12.5. The van der Waals surface area contributed by atoms with Crippen LogP contribution >= 0.6 is 0 Å². The Labute approximate surface area is 165 Å². The van der Waals surface area contributed by atoms with Gasteiger partial charge in [0.1, 0.15) is 17.3 Å². The molecule has 0 atom stereocenters. The Morgan fingerprint density at radius 1 is 1.07 bits per heavy atom. The third-order valence-corrected chi connectivity index (χ3v) is 4.45. The van der Waals surface area contributed by atoms with Gasteiger partial charge in [-0.15, -0.1) is 0 Å². The maximum Gasteiger partial charge on any atom is 0.225 e. The van der Waals surface area contributed by atoms with Crippen molar-refractivity contribution in [3.63, 3.8) is 0 Å². The molecule has 3 rings (SSSR count). The van der Waals surface area contributed by atoms with E-state index in [1.807, 2.05) is 66.2 Å². The summed E-state index contributed by atoms with van der Waals surface area (Å²) >= 11 is 0. The van der Waals surface area contributed by atoms with Crippen molar-refractivity contribution in [2.45, 2.75) is 26.3 Å². The van der Waals surface area contributed by atoms with E-state index in [4.69, 9.17) is 9.47 Å². The molecule has 3 aromatic rings. The molecule has 28 heavy (non-hydrogen) atoms. The number of nitrogens with zero attached hydrogens (tertiary/aromatic N) is 2. The van der Waals surface area contributed by atoms with E-state index >= 15 is 0 Å². The summed E-state index contributed by atoms with van der Waals surface area (Å²) in [5, 5.41) is 7.47. The molecule has 6 heteroatoms. The molecule has 146 valence electrons. The fraction of sp³-hybridized carbons (Fsp3) is 0.273. The molecule has 1 N–H and O–H groups in total. The van der Waals surface area contributed by atoms with Gasteiger partial charge in [0.15, 0.2) is 0 Å². The largest absolute Gasteiger partial charge is 0.497 e. The highest BCUT2D eigenvalue weighted by Crippen LogP contribution is 2.25. The van der Waals surface area contributed by atoms with Crippen molar-refractivity contribution in [1.82, 2.24) is 9.78 Å². The number of benzene rings is 2. The van der Waals surface area contributed by atoms with E-state index < -0.39 is 0 Å². The molecule has 0 spiro atoms. The van der Waals surface area contributed by atoms with E-state index in [0.717, 1.165) is 28.3 Å². The van der Waals surface area contributed by atoms with Gasteiger partial charge in [0, 0.05) is 12.5 Å². The van der Waals surface area contributed by atoms with Crippen LogP contribution in [0.4, 0.5) is 5.82 Å². The van der Waals surface area contributed by atoms with Crippen molar-refractivity contribution >= 4 is 11.7 Å². The molecule has 1 heterocycles. The summed E-state index contributed by atoms with van der Waals surface area (Å²) < 4.78 is 12.5. The van der Waals surface area contributed by atoms with Gasteiger partial charge in [-0.25, -0.2) is 4.68 Å². The van der Waals surface area contributed by atoms with Gasteiger partial charge < -0.3 is 14.8 Å². The molecule has 6 nitrogen and oxygen atoms in total. The van der Waals surface area contributed by atoms with Gasteiger partial charge >= 0.3 is 0 Å². The highest BCUT2D eigenvalue weighted by molar-refractivity contribution is 5.90. The molecule has 1 aromatic heterocycles. The number of carbonyl (C=O) groups is 1. The van der Waals surface area contributed by atoms with Crippen LogP contribution in [-0.4, -0.2) is 29.9 Å². The predicted molar refractivity (Wildman–Crippen MR) is 109 cm³/mol. The van der Waals surface area contributed by atoms with Gasteiger partial charge in [-0.2, -0.15) is 5.10 Å². The van der Waals surface area contributed by atoms with Crippen LogP contribution in [0.5, 0.6) is 11.5 Å². The lowest BCUT2D eigenvalue weighted by Gasteiger charge is -2.11. The second kappa shape index (κ2) is 9.08. The molecule has 0 radical (unpaired) electrons. The van der Waals surface area contributed by atoms with E-state index in [-0.39, 0.29) is 5.91 Å².